The van der Waals surface area contributed by atoms with Gasteiger partial charge in [0.1, 0.15) is 0 Å². The van der Waals surface area contributed by atoms with Gasteiger partial charge in [0.05, 0.1) is 5.52 Å². The summed E-state index contributed by atoms with van der Waals surface area (Å²) in [4.78, 5) is 0. The minimum atomic E-state index is 0.0728. The van der Waals surface area contributed by atoms with E-state index in [2.05, 4.69) is 53.5 Å². The summed E-state index contributed by atoms with van der Waals surface area (Å²) in [5, 5.41) is 2.93. The number of hydrogen-bond donors (Lipinski definition) is 0. The monoisotopic (exact) mass is 299 g/mol. The molecule has 0 radical (unpaired) electrons. The fraction of sp³-hybridized carbons (Fsp3) is 0.385. The first kappa shape index (κ1) is 12.0. The van der Waals surface area contributed by atoms with E-state index in [1.807, 2.05) is 12.1 Å². The van der Waals surface area contributed by atoms with Gasteiger partial charge < -0.3 is 4.57 Å². The van der Waals surface area contributed by atoms with Crippen LogP contribution in [-0.4, -0.2) is 4.57 Å². The smallest absolute Gasteiger partial charge is 0.0503 e. The molecule has 3 heteroatoms. The van der Waals surface area contributed by atoms with E-state index in [1.54, 1.807) is 0 Å². The fourth-order valence-electron chi connectivity index (χ4n) is 1.93. The van der Waals surface area contributed by atoms with Crippen molar-refractivity contribution in [3.63, 3.8) is 0 Å². The summed E-state index contributed by atoms with van der Waals surface area (Å²) < 4.78 is 2.28. The van der Waals surface area contributed by atoms with Crippen LogP contribution in [0.1, 0.15) is 26.3 Å². The molecule has 0 N–H and O–H groups in total. The van der Waals surface area contributed by atoms with Gasteiger partial charge in [-0.2, -0.15) is 0 Å². The molecule has 0 bridgehead atoms. The summed E-state index contributed by atoms with van der Waals surface area (Å²) in [7, 11) is 0. The number of hydrogen-bond acceptors (Lipinski definition) is 0. The lowest BCUT2D eigenvalue weighted by molar-refractivity contribution is 0.410. The van der Waals surface area contributed by atoms with Crippen LogP contribution in [0.15, 0.2) is 24.4 Å². The van der Waals surface area contributed by atoms with Gasteiger partial charge in [-0.05, 0) is 38.5 Å². The summed E-state index contributed by atoms with van der Waals surface area (Å²) in [6.45, 7) is 6.60. The lowest BCUT2D eigenvalue weighted by Gasteiger charge is -2.22. The largest absolute Gasteiger partial charge is 0.342 e. The second-order valence-corrected chi connectivity index (χ2v) is 5.99. The first-order valence-electron chi connectivity index (χ1n) is 5.29. The van der Waals surface area contributed by atoms with Gasteiger partial charge in [-0.3, -0.25) is 0 Å². The first-order chi connectivity index (χ1) is 7.43. The topological polar surface area (TPSA) is 4.93 Å². The van der Waals surface area contributed by atoms with E-state index in [9.17, 15) is 0 Å². The molecule has 2 rings (SSSR count). The van der Waals surface area contributed by atoms with Crippen LogP contribution < -0.4 is 0 Å². The van der Waals surface area contributed by atoms with E-state index in [-0.39, 0.29) is 5.54 Å². The molecule has 0 atom stereocenters. The van der Waals surface area contributed by atoms with Crippen molar-refractivity contribution in [3.05, 3.63) is 35.0 Å². The Morgan fingerprint density at radius 1 is 1.31 bits per heavy atom. The van der Waals surface area contributed by atoms with Crippen molar-refractivity contribution in [2.45, 2.75) is 31.6 Å². The summed E-state index contributed by atoms with van der Waals surface area (Å²) in [5.41, 5.74) is 2.58. The van der Waals surface area contributed by atoms with Gasteiger partial charge in [0.15, 0.2) is 0 Å². The third-order valence-electron chi connectivity index (χ3n) is 2.72. The molecule has 0 aliphatic heterocycles. The number of nitrogens with zero attached hydrogens (tertiary/aromatic N) is 1. The van der Waals surface area contributed by atoms with Crippen LogP contribution >= 0.6 is 27.5 Å². The highest BCUT2D eigenvalue weighted by atomic mass is 79.9. The van der Waals surface area contributed by atoms with E-state index >= 15 is 0 Å². The third-order valence-corrected chi connectivity index (χ3v) is 3.56. The second-order valence-electron chi connectivity index (χ2n) is 4.99. The van der Waals surface area contributed by atoms with Gasteiger partial charge in [-0.15, -0.1) is 0 Å². The summed E-state index contributed by atoms with van der Waals surface area (Å²) in [5.74, 6) is 0. The Morgan fingerprint density at radius 3 is 2.56 bits per heavy atom. The minimum absolute atomic E-state index is 0.0728. The SMILES string of the molecule is CC(C)(C)n1cc(CBr)c2ccc(Cl)cc21. The maximum absolute atomic E-state index is 6.07. The third kappa shape index (κ3) is 2.01. The molecule has 0 fully saturated rings. The van der Waals surface area contributed by atoms with Gasteiger partial charge in [0, 0.05) is 27.5 Å². The molecule has 2 aromatic rings. The summed E-state index contributed by atoms with van der Waals surface area (Å²) in [6, 6.07) is 6.08. The maximum atomic E-state index is 6.07. The Kier molecular flexibility index (Phi) is 3.06. The molecule has 1 aromatic carbocycles. The van der Waals surface area contributed by atoms with Crippen molar-refractivity contribution in [1.82, 2.24) is 4.57 Å². The molecule has 16 heavy (non-hydrogen) atoms. The number of benzene rings is 1. The molecule has 1 nitrogen and oxygen atoms in total. The van der Waals surface area contributed by atoms with Crippen molar-refractivity contribution in [1.29, 1.82) is 0 Å². The lowest BCUT2D eigenvalue weighted by Crippen LogP contribution is -2.20. The Balaban J connectivity index is 2.79. The van der Waals surface area contributed by atoms with Gasteiger partial charge in [-0.1, -0.05) is 33.6 Å². The zero-order chi connectivity index (χ0) is 11.9. The predicted molar refractivity (Wildman–Crippen MR) is 74.6 cm³/mol. The minimum Gasteiger partial charge on any atom is -0.342 e. The molecular formula is C13H15BrClN. The lowest BCUT2D eigenvalue weighted by atomic mass is 10.1. The van der Waals surface area contributed by atoms with Crippen LogP contribution in [0.25, 0.3) is 10.9 Å². The number of aromatic nitrogens is 1. The highest BCUT2D eigenvalue weighted by Crippen LogP contribution is 2.30. The Morgan fingerprint density at radius 2 is 2.00 bits per heavy atom. The molecule has 0 aliphatic carbocycles. The number of fused-ring (bicyclic) bond motifs is 1. The van der Waals surface area contributed by atoms with Crippen molar-refractivity contribution in [2.75, 3.05) is 0 Å². The van der Waals surface area contributed by atoms with Crippen LogP contribution in [0, 0.1) is 0 Å². The van der Waals surface area contributed by atoms with Crippen LogP contribution in [0.2, 0.25) is 5.02 Å². The van der Waals surface area contributed by atoms with Gasteiger partial charge in [-0.25, -0.2) is 0 Å². The van der Waals surface area contributed by atoms with Gasteiger partial charge >= 0.3 is 0 Å². The molecule has 1 aromatic heterocycles. The van der Waals surface area contributed by atoms with Crippen molar-refractivity contribution >= 4 is 38.4 Å². The molecule has 0 unspecified atom stereocenters. The second kappa shape index (κ2) is 4.08. The van der Waals surface area contributed by atoms with Gasteiger partial charge in [0.2, 0.25) is 0 Å². The average molecular weight is 301 g/mol. The Hall–Kier alpha value is -0.470. The van der Waals surface area contributed by atoms with Crippen molar-refractivity contribution in [2.24, 2.45) is 0 Å². The number of rotatable bonds is 1. The molecule has 0 spiro atoms. The maximum Gasteiger partial charge on any atom is 0.0503 e. The Bertz CT molecular complexity index is 522. The predicted octanol–water partition coefficient (Wildman–Crippen LogP) is 4.94. The highest BCUT2D eigenvalue weighted by molar-refractivity contribution is 9.08. The Labute approximate surface area is 110 Å². The molecule has 0 saturated carbocycles. The molecule has 86 valence electrons. The van der Waals surface area contributed by atoms with Crippen LogP contribution in [-0.2, 0) is 10.9 Å². The van der Waals surface area contributed by atoms with E-state index in [0.29, 0.717) is 0 Å². The standard InChI is InChI=1S/C13H15BrClN/c1-13(2,3)16-8-9(7-14)11-5-4-10(15)6-12(11)16/h4-6,8H,7H2,1-3H3. The zero-order valence-electron chi connectivity index (χ0n) is 9.72. The normalized spacial score (nSPS) is 12.3. The van der Waals surface area contributed by atoms with Gasteiger partial charge in [0.25, 0.3) is 0 Å². The first-order valence-corrected chi connectivity index (χ1v) is 6.79. The molecule has 0 saturated heterocycles. The number of halogens is 2. The molecular weight excluding hydrogens is 286 g/mol. The van der Waals surface area contributed by atoms with E-state index in [4.69, 9.17) is 11.6 Å². The molecule has 0 amide bonds. The summed E-state index contributed by atoms with van der Waals surface area (Å²) in [6.07, 6.45) is 2.20. The quantitative estimate of drug-likeness (QED) is 0.657. The molecule has 0 aliphatic rings. The van der Waals surface area contributed by atoms with E-state index in [1.165, 1.54) is 16.5 Å². The van der Waals surface area contributed by atoms with E-state index < -0.39 is 0 Å². The fourth-order valence-corrected chi connectivity index (χ4v) is 2.55. The van der Waals surface area contributed by atoms with Crippen molar-refractivity contribution in [3.8, 4) is 0 Å². The van der Waals surface area contributed by atoms with Crippen molar-refractivity contribution < 1.29 is 0 Å². The van der Waals surface area contributed by atoms with Crippen LogP contribution in [0.5, 0.6) is 0 Å². The van der Waals surface area contributed by atoms with Crippen LogP contribution in [0.3, 0.4) is 0 Å². The summed E-state index contributed by atoms with van der Waals surface area (Å²) >= 11 is 9.60. The zero-order valence-corrected chi connectivity index (χ0v) is 12.1. The van der Waals surface area contributed by atoms with E-state index in [0.717, 1.165) is 10.4 Å². The number of alkyl halides is 1. The highest BCUT2D eigenvalue weighted by Gasteiger charge is 2.17. The molecule has 1 heterocycles. The van der Waals surface area contributed by atoms with Crippen LogP contribution in [0.4, 0.5) is 0 Å². The average Bonchev–Trinajstić information content (AvgIpc) is 2.54.